The fraction of sp³-hybridized carbons (Fsp3) is 0.611. The van der Waals surface area contributed by atoms with E-state index < -0.39 is 0 Å². The molecule has 0 spiro atoms. The zero-order valence-electron chi connectivity index (χ0n) is 12.5. The highest BCUT2D eigenvalue weighted by molar-refractivity contribution is 5.94. The Morgan fingerprint density at radius 2 is 1.70 bits per heavy atom. The van der Waals surface area contributed by atoms with Crippen molar-refractivity contribution in [1.29, 1.82) is 0 Å². The number of amides is 1. The molecule has 108 valence electrons. The quantitative estimate of drug-likeness (QED) is 0.745. The van der Waals surface area contributed by atoms with Crippen LogP contribution in [0.25, 0.3) is 0 Å². The molecule has 0 saturated heterocycles. The predicted octanol–water partition coefficient (Wildman–Crippen LogP) is 3.97. The van der Waals surface area contributed by atoms with E-state index in [-0.39, 0.29) is 5.91 Å². The maximum Gasteiger partial charge on any atom is 0.253 e. The number of rotatable bonds is 2. The van der Waals surface area contributed by atoms with Crippen molar-refractivity contribution in [2.75, 3.05) is 7.05 Å². The van der Waals surface area contributed by atoms with Crippen LogP contribution in [-0.4, -0.2) is 23.9 Å². The Kier molecular flexibility index (Phi) is 4.09. The largest absolute Gasteiger partial charge is 0.339 e. The molecule has 1 fully saturated rings. The Labute approximate surface area is 122 Å². The highest BCUT2D eigenvalue weighted by Crippen LogP contribution is 2.25. The van der Waals surface area contributed by atoms with E-state index in [1.165, 1.54) is 62.5 Å². The van der Waals surface area contributed by atoms with E-state index in [9.17, 15) is 4.79 Å². The van der Waals surface area contributed by atoms with Crippen molar-refractivity contribution < 1.29 is 4.79 Å². The number of carbonyl (C=O) groups is 1. The van der Waals surface area contributed by atoms with Crippen LogP contribution in [0.3, 0.4) is 0 Å². The Balaban J connectivity index is 1.74. The number of benzene rings is 1. The summed E-state index contributed by atoms with van der Waals surface area (Å²) in [6.07, 6.45) is 11.1. The number of aryl methyl sites for hydroxylation is 2. The van der Waals surface area contributed by atoms with Gasteiger partial charge in [0.2, 0.25) is 0 Å². The SMILES string of the molecule is CN(C(=O)c1ccc2c(c1)CCC2)C1CCCCCC1. The summed E-state index contributed by atoms with van der Waals surface area (Å²) in [5.41, 5.74) is 3.72. The van der Waals surface area contributed by atoms with Crippen LogP contribution < -0.4 is 0 Å². The summed E-state index contributed by atoms with van der Waals surface area (Å²) in [6.45, 7) is 0. The summed E-state index contributed by atoms with van der Waals surface area (Å²) in [7, 11) is 1.99. The first-order valence-corrected chi connectivity index (χ1v) is 8.14. The molecule has 0 aromatic heterocycles. The Bertz CT molecular complexity index is 486. The summed E-state index contributed by atoms with van der Waals surface area (Å²) < 4.78 is 0. The molecular formula is C18H25NO. The van der Waals surface area contributed by atoms with Crippen LogP contribution in [0, 0.1) is 0 Å². The normalized spacial score (nSPS) is 19.4. The van der Waals surface area contributed by atoms with Crippen LogP contribution in [0.1, 0.15) is 66.4 Å². The summed E-state index contributed by atoms with van der Waals surface area (Å²) in [5, 5.41) is 0. The van der Waals surface area contributed by atoms with Gasteiger partial charge in [-0.15, -0.1) is 0 Å². The summed E-state index contributed by atoms with van der Waals surface area (Å²) in [5.74, 6) is 0.214. The summed E-state index contributed by atoms with van der Waals surface area (Å²) >= 11 is 0. The molecule has 0 N–H and O–H groups in total. The maximum atomic E-state index is 12.7. The predicted molar refractivity (Wildman–Crippen MR) is 82.1 cm³/mol. The monoisotopic (exact) mass is 271 g/mol. The molecule has 0 aliphatic heterocycles. The van der Waals surface area contributed by atoms with E-state index in [4.69, 9.17) is 0 Å². The highest BCUT2D eigenvalue weighted by Gasteiger charge is 2.23. The van der Waals surface area contributed by atoms with Crippen molar-refractivity contribution in [3.8, 4) is 0 Å². The fourth-order valence-electron chi connectivity index (χ4n) is 3.72. The van der Waals surface area contributed by atoms with Gasteiger partial charge in [-0.05, 0) is 55.4 Å². The molecule has 1 saturated carbocycles. The molecule has 0 unspecified atom stereocenters. The molecule has 1 aromatic rings. The number of carbonyl (C=O) groups excluding carboxylic acids is 1. The maximum absolute atomic E-state index is 12.7. The second-order valence-corrected chi connectivity index (χ2v) is 6.40. The van der Waals surface area contributed by atoms with Gasteiger partial charge in [0.15, 0.2) is 0 Å². The van der Waals surface area contributed by atoms with Crippen molar-refractivity contribution in [1.82, 2.24) is 4.90 Å². The lowest BCUT2D eigenvalue weighted by molar-refractivity contribution is 0.0717. The Morgan fingerprint density at radius 1 is 1.00 bits per heavy atom. The third kappa shape index (κ3) is 2.74. The van der Waals surface area contributed by atoms with Crippen LogP contribution in [0.15, 0.2) is 18.2 Å². The number of hydrogen-bond acceptors (Lipinski definition) is 1. The zero-order valence-corrected chi connectivity index (χ0v) is 12.5. The topological polar surface area (TPSA) is 20.3 Å². The van der Waals surface area contributed by atoms with E-state index in [1.807, 2.05) is 18.0 Å². The minimum atomic E-state index is 0.214. The van der Waals surface area contributed by atoms with Gasteiger partial charge in [0.25, 0.3) is 5.91 Å². The molecule has 2 nitrogen and oxygen atoms in total. The average Bonchev–Trinajstić information content (AvgIpc) is 2.77. The van der Waals surface area contributed by atoms with Crippen LogP contribution in [0.2, 0.25) is 0 Å². The van der Waals surface area contributed by atoms with E-state index in [1.54, 1.807) is 0 Å². The zero-order chi connectivity index (χ0) is 13.9. The number of fused-ring (bicyclic) bond motifs is 1. The minimum absolute atomic E-state index is 0.214. The van der Waals surface area contributed by atoms with Crippen LogP contribution in [0.5, 0.6) is 0 Å². The van der Waals surface area contributed by atoms with Crippen molar-refractivity contribution in [2.45, 2.75) is 63.8 Å². The second-order valence-electron chi connectivity index (χ2n) is 6.40. The fourth-order valence-corrected chi connectivity index (χ4v) is 3.72. The van der Waals surface area contributed by atoms with Gasteiger partial charge in [-0.1, -0.05) is 31.7 Å². The van der Waals surface area contributed by atoms with Gasteiger partial charge >= 0.3 is 0 Å². The number of nitrogens with zero attached hydrogens (tertiary/aromatic N) is 1. The molecule has 0 radical (unpaired) electrons. The van der Waals surface area contributed by atoms with Crippen LogP contribution in [0.4, 0.5) is 0 Å². The summed E-state index contributed by atoms with van der Waals surface area (Å²) in [4.78, 5) is 14.7. The molecule has 2 heteroatoms. The van der Waals surface area contributed by atoms with E-state index in [0.29, 0.717) is 6.04 Å². The third-order valence-corrected chi connectivity index (χ3v) is 5.04. The van der Waals surface area contributed by atoms with Gasteiger partial charge in [-0.2, -0.15) is 0 Å². The van der Waals surface area contributed by atoms with Gasteiger partial charge < -0.3 is 4.90 Å². The number of hydrogen-bond donors (Lipinski definition) is 0. The van der Waals surface area contributed by atoms with Crippen molar-refractivity contribution in [2.24, 2.45) is 0 Å². The van der Waals surface area contributed by atoms with Crippen LogP contribution >= 0.6 is 0 Å². The standard InChI is InChI=1S/C18H25NO/c1-19(17-9-4-2-3-5-10-17)18(20)16-12-11-14-7-6-8-15(14)13-16/h11-13,17H,2-10H2,1H3. The van der Waals surface area contributed by atoms with Gasteiger partial charge in [0.05, 0.1) is 0 Å². The third-order valence-electron chi connectivity index (χ3n) is 5.04. The smallest absolute Gasteiger partial charge is 0.253 e. The van der Waals surface area contributed by atoms with Gasteiger partial charge in [0, 0.05) is 18.7 Å². The van der Waals surface area contributed by atoms with Gasteiger partial charge in [-0.25, -0.2) is 0 Å². The molecule has 1 aromatic carbocycles. The molecular weight excluding hydrogens is 246 g/mol. The second kappa shape index (κ2) is 5.99. The molecule has 2 aliphatic rings. The highest BCUT2D eigenvalue weighted by atomic mass is 16.2. The van der Waals surface area contributed by atoms with Crippen molar-refractivity contribution in [3.63, 3.8) is 0 Å². The molecule has 1 amide bonds. The average molecular weight is 271 g/mol. The van der Waals surface area contributed by atoms with Crippen LogP contribution in [-0.2, 0) is 12.8 Å². The Morgan fingerprint density at radius 3 is 2.45 bits per heavy atom. The minimum Gasteiger partial charge on any atom is -0.339 e. The first kappa shape index (κ1) is 13.7. The van der Waals surface area contributed by atoms with Gasteiger partial charge in [-0.3, -0.25) is 4.79 Å². The van der Waals surface area contributed by atoms with Gasteiger partial charge in [0.1, 0.15) is 0 Å². The summed E-state index contributed by atoms with van der Waals surface area (Å²) in [6, 6.07) is 6.77. The molecule has 0 atom stereocenters. The van der Waals surface area contributed by atoms with Crippen molar-refractivity contribution in [3.05, 3.63) is 34.9 Å². The lowest BCUT2D eigenvalue weighted by Crippen LogP contribution is -2.36. The molecule has 2 aliphatic carbocycles. The lowest BCUT2D eigenvalue weighted by atomic mass is 10.0. The van der Waals surface area contributed by atoms with E-state index in [0.717, 1.165) is 12.0 Å². The first-order chi connectivity index (χ1) is 9.75. The lowest BCUT2D eigenvalue weighted by Gasteiger charge is -2.27. The molecule has 0 bridgehead atoms. The van der Waals surface area contributed by atoms with E-state index >= 15 is 0 Å². The van der Waals surface area contributed by atoms with E-state index in [2.05, 4.69) is 12.1 Å². The van der Waals surface area contributed by atoms with Crippen molar-refractivity contribution >= 4 is 5.91 Å². The Hall–Kier alpha value is -1.31. The molecule has 0 heterocycles. The first-order valence-electron chi connectivity index (χ1n) is 8.14. The molecule has 20 heavy (non-hydrogen) atoms. The molecule has 3 rings (SSSR count).